The summed E-state index contributed by atoms with van der Waals surface area (Å²) >= 11 is 0. The van der Waals surface area contributed by atoms with Crippen molar-refractivity contribution in [2.75, 3.05) is 0 Å². The van der Waals surface area contributed by atoms with Crippen molar-refractivity contribution in [3.63, 3.8) is 0 Å². The van der Waals surface area contributed by atoms with Crippen LogP contribution in [0.25, 0.3) is 0 Å². The topological polar surface area (TPSA) is 87.1 Å². The lowest BCUT2D eigenvalue weighted by molar-refractivity contribution is 0.0486. The molecule has 0 fully saturated rings. The van der Waals surface area contributed by atoms with Crippen LogP contribution in [0.3, 0.4) is 0 Å². The SMILES string of the molecule is N#CC[C@@](N)(O)c1ccc(C=O)cc1. The second-order valence-electron chi connectivity index (χ2n) is 3.00. The summed E-state index contributed by atoms with van der Waals surface area (Å²) in [6.45, 7) is 0. The van der Waals surface area contributed by atoms with Gasteiger partial charge in [-0.15, -0.1) is 0 Å². The third-order valence-corrected chi connectivity index (χ3v) is 1.90. The fraction of sp³-hybridized carbons (Fsp3) is 0.200. The highest BCUT2D eigenvalue weighted by Crippen LogP contribution is 2.18. The number of aldehydes is 1. The fourth-order valence-corrected chi connectivity index (χ4v) is 1.07. The minimum Gasteiger partial charge on any atom is -0.371 e. The molecule has 72 valence electrons. The maximum Gasteiger partial charge on any atom is 0.152 e. The van der Waals surface area contributed by atoms with E-state index in [9.17, 15) is 9.90 Å². The van der Waals surface area contributed by atoms with E-state index in [2.05, 4.69) is 0 Å². The van der Waals surface area contributed by atoms with Gasteiger partial charge in [0, 0.05) is 5.56 Å². The van der Waals surface area contributed by atoms with E-state index in [0.29, 0.717) is 17.4 Å². The molecular weight excluding hydrogens is 180 g/mol. The number of nitrogens with two attached hydrogens (primary N) is 1. The lowest BCUT2D eigenvalue weighted by atomic mass is 10.00. The molecule has 3 N–H and O–H groups in total. The van der Waals surface area contributed by atoms with Crippen LogP contribution in [0.15, 0.2) is 24.3 Å². The van der Waals surface area contributed by atoms with Gasteiger partial charge in [0.25, 0.3) is 0 Å². The Hall–Kier alpha value is -1.70. The molecule has 0 aliphatic heterocycles. The summed E-state index contributed by atoms with van der Waals surface area (Å²) in [5, 5.41) is 18.0. The number of carbonyl (C=O) groups is 1. The van der Waals surface area contributed by atoms with Gasteiger partial charge in [-0.3, -0.25) is 10.5 Å². The highest BCUT2D eigenvalue weighted by molar-refractivity contribution is 5.74. The van der Waals surface area contributed by atoms with Crippen molar-refractivity contribution in [2.24, 2.45) is 5.73 Å². The van der Waals surface area contributed by atoms with Crippen molar-refractivity contribution in [1.82, 2.24) is 0 Å². The first-order valence-electron chi connectivity index (χ1n) is 4.04. The van der Waals surface area contributed by atoms with Gasteiger partial charge in [-0.05, 0) is 5.56 Å². The molecule has 0 heterocycles. The van der Waals surface area contributed by atoms with E-state index in [4.69, 9.17) is 11.0 Å². The summed E-state index contributed by atoms with van der Waals surface area (Å²) in [7, 11) is 0. The van der Waals surface area contributed by atoms with Crippen LogP contribution in [0.4, 0.5) is 0 Å². The lowest BCUT2D eigenvalue weighted by Gasteiger charge is -2.19. The van der Waals surface area contributed by atoms with Crippen molar-refractivity contribution in [2.45, 2.75) is 12.1 Å². The molecule has 0 amide bonds. The van der Waals surface area contributed by atoms with Crippen LogP contribution in [0.1, 0.15) is 22.3 Å². The van der Waals surface area contributed by atoms with Crippen molar-refractivity contribution in [1.29, 1.82) is 5.26 Å². The van der Waals surface area contributed by atoms with Crippen LogP contribution in [-0.4, -0.2) is 11.4 Å². The maximum atomic E-state index is 10.3. The number of nitrogens with zero attached hydrogens (tertiary/aromatic N) is 1. The molecule has 1 atom stereocenters. The predicted molar refractivity (Wildman–Crippen MR) is 50.1 cm³/mol. The Balaban J connectivity index is 2.97. The van der Waals surface area contributed by atoms with Crippen LogP contribution in [-0.2, 0) is 5.72 Å². The van der Waals surface area contributed by atoms with Crippen molar-refractivity contribution in [3.05, 3.63) is 35.4 Å². The molecule has 0 spiro atoms. The van der Waals surface area contributed by atoms with Gasteiger partial charge >= 0.3 is 0 Å². The summed E-state index contributed by atoms with van der Waals surface area (Å²) in [6.07, 6.45) is 0.511. The fourth-order valence-electron chi connectivity index (χ4n) is 1.07. The summed E-state index contributed by atoms with van der Waals surface area (Å²) in [5.74, 6) is 0. The summed E-state index contributed by atoms with van der Waals surface area (Å²) in [6, 6.07) is 7.93. The van der Waals surface area contributed by atoms with Gasteiger partial charge in [-0.25, -0.2) is 0 Å². The largest absolute Gasteiger partial charge is 0.371 e. The van der Waals surface area contributed by atoms with Crippen LogP contribution < -0.4 is 5.73 Å². The zero-order valence-corrected chi connectivity index (χ0v) is 7.47. The predicted octanol–water partition coefficient (Wildman–Crippen LogP) is 0.517. The maximum absolute atomic E-state index is 10.3. The summed E-state index contributed by atoms with van der Waals surface area (Å²) in [4.78, 5) is 10.3. The van der Waals surface area contributed by atoms with Gasteiger partial charge in [0.2, 0.25) is 0 Å². The molecular formula is C10H10N2O2. The molecule has 1 aromatic carbocycles. The summed E-state index contributed by atoms with van der Waals surface area (Å²) in [5.41, 5.74) is 4.76. The Morgan fingerprint density at radius 1 is 1.50 bits per heavy atom. The van der Waals surface area contributed by atoms with E-state index >= 15 is 0 Å². The number of aliphatic hydroxyl groups is 1. The van der Waals surface area contributed by atoms with Gasteiger partial charge in [-0.2, -0.15) is 5.26 Å². The zero-order chi connectivity index (χ0) is 10.6. The molecule has 0 radical (unpaired) electrons. The number of carbonyl (C=O) groups excluding carboxylic acids is 1. The molecule has 4 nitrogen and oxygen atoms in total. The molecule has 0 unspecified atom stereocenters. The smallest absolute Gasteiger partial charge is 0.152 e. The van der Waals surface area contributed by atoms with Crippen molar-refractivity contribution < 1.29 is 9.90 Å². The first-order chi connectivity index (χ1) is 6.60. The lowest BCUT2D eigenvalue weighted by Crippen LogP contribution is -2.35. The van der Waals surface area contributed by atoms with Crippen LogP contribution in [0.2, 0.25) is 0 Å². The molecule has 0 aromatic heterocycles. The Labute approximate surface area is 81.6 Å². The minimum atomic E-state index is -1.64. The average molecular weight is 190 g/mol. The number of hydrogen-bond acceptors (Lipinski definition) is 4. The Morgan fingerprint density at radius 2 is 2.07 bits per heavy atom. The Bertz CT molecular complexity index is 363. The molecule has 14 heavy (non-hydrogen) atoms. The number of benzene rings is 1. The zero-order valence-electron chi connectivity index (χ0n) is 7.47. The van der Waals surface area contributed by atoms with Gasteiger partial charge in [0.05, 0.1) is 12.5 Å². The monoisotopic (exact) mass is 190 g/mol. The van der Waals surface area contributed by atoms with Crippen molar-refractivity contribution >= 4 is 6.29 Å². The molecule has 1 rings (SSSR count). The highest BCUT2D eigenvalue weighted by atomic mass is 16.3. The molecule has 0 aliphatic rings. The number of nitriles is 1. The molecule has 1 aromatic rings. The number of hydrogen-bond donors (Lipinski definition) is 2. The molecule has 0 saturated carbocycles. The van der Waals surface area contributed by atoms with Gasteiger partial charge in [0.15, 0.2) is 5.72 Å². The average Bonchev–Trinajstić information content (AvgIpc) is 2.18. The molecule has 4 heteroatoms. The quantitative estimate of drug-likeness (QED) is 0.537. The van der Waals surface area contributed by atoms with E-state index in [1.165, 1.54) is 24.3 Å². The van der Waals surface area contributed by atoms with E-state index in [-0.39, 0.29) is 6.42 Å². The molecule has 0 aliphatic carbocycles. The normalized spacial score (nSPS) is 14.1. The highest BCUT2D eigenvalue weighted by Gasteiger charge is 2.22. The molecule has 0 saturated heterocycles. The first kappa shape index (κ1) is 10.4. The summed E-state index contributed by atoms with van der Waals surface area (Å²) < 4.78 is 0. The second-order valence-corrected chi connectivity index (χ2v) is 3.00. The second kappa shape index (κ2) is 4.01. The third kappa shape index (κ3) is 2.16. The van der Waals surface area contributed by atoms with Crippen LogP contribution in [0, 0.1) is 11.3 Å². The Kier molecular flexibility index (Phi) is 2.97. The Morgan fingerprint density at radius 3 is 2.50 bits per heavy atom. The molecule has 0 bridgehead atoms. The first-order valence-corrected chi connectivity index (χ1v) is 4.04. The number of rotatable bonds is 3. The van der Waals surface area contributed by atoms with Crippen molar-refractivity contribution in [3.8, 4) is 6.07 Å². The van der Waals surface area contributed by atoms with E-state index in [1.54, 1.807) is 6.07 Å². The standard InChI is InChI=1S/C10H10N2O2/c11-6-5-10(12,14)9-3-1-8(7-13)2-4-9/h1-4,7,14H,5,12H2/t10-/m1/s1. The minimum absolute atomic E-state index is 0.187. The van der Waals surface area contributed by atoms with Crippen LogP contribution in [0.5, 0.6) is 0 Å². The van der Waals surface area contributed by atoms with Gasteiger partial charge in [-0.1, -0.05) is 24.3 Å². The van der Waals surface area contributed by atoms with Gasteiger partial charge in [0.1, 0.15) is 6.29 Å². The van der Waals surface area contributed by atoms with E-state index in [1.807, 2.05) is 0 Å². The van der Waals surface area contributed by atoms with E-state index < -0.39 is 5.72 Å². The van der Waals surface area contributed by atoms with Crippen LogP contribution >= 0.6 is 0 Å². The third-order valence-electron chi connectivity index (χ3n) is 1.90. The van der Waals surface area contributed by atoms with Gasteiger partial charge < -0.3 is 5.11 Å². The van der Waals surface area contributed by atoms with E-state index in [0.717, 1.165) is 0 Å².